The lowest BCUT2D eigenvalue weighted by Crippen LogP contribution is -2.34. The first-order valence-electron chi connectivity index (χ1n) is 10.2. The van der Waals surface area contributed by atoms with E-state index in [9.17, 15) is 4.79 Å². The summed E-state index contributed by atoms with van der Waals surface area (Å²) in [6, 6.07) is 15.9. The molecule has 1 aromatic heterocycles. The molecular weight excluding hydrogens is 396 g/mol. The summed E-state index contributed by atoms with van der Waals surface area (Å²) in [6.45, 7) is 4.41. The Morgan fingerprint density at radius 1 is 1.17 bits per heavy atom. The molecule has 154 valence electrons. The minimum atomic E-state index is -0.0545. The third-order valence-corrected chi connectivity index (χ3v) is 5.63. The van der Waals surface area contributed by atoms with E-state index in [0.29, 0.717) is 10.9 Å². The number of nitrogens with zero attached hydrogens (tertiary/aromatic N) is 3. The highest BCUT2D eigenvalue weighted by Gasteiger charge is 2.25. The van der Waals surface area contributed by atoms with Gasteiger partial charge in [0.25, 0.3) is 0 Å². The Morgan fingerprint density at radius 2 is 1.97 bits per heavy atom. The number of benzene rings is 2. The molecule has 3 aromatic rings. The van der Waals surface area contributed by atoms with Crippen molar-refractivity contribution in [1.82, 2.24) is 14.9 Å². The lowest BCUT2D eigenvalue weighted by Gasteiger charge is -2.33. The maximum atomic E-state index is 11.2. The van der Waals surface area contributed by atoms with E-state index < -0.39 is 0 Å². The molecule has 1 aliphatic rings. The van der Waals surface area contributed by atoms with Crippen LogP contribution in [0.25, 0.3) is 11.3 Å². The van der Waals surface area contributed by atoms with Crippen molar-refractivity contribution in [3.8, 4) is 11.3 Å². The Hall–Kier alpha value is -2.76. The highest BCUT2D eigenvalue weighted by atomic mass is 35.5. The number of piperidine rings is 1. The molecule has 30 heavy (non-hydrogen) atoms. The molecule has 1 amide bonds. The fourth-order valence-electron chi connectivity index (χ4n) is 4.08. The molecule has 6 heteroatoms. The number of likely N-dealkylation sites (tertiary alicyclic amines) is 1. The third kappa shape index (κ3) is 5.04. The van der Waals surface area contributed by atoms with E-state index >= 15 is 0 Å². The van der Waals surface area contributed by atoms with Crippen LogP contribution in [0.15, 0.2) is 60.9 Å². The number of aromatic nitrogens is 2. The topological polar surface area (TPSA) is 58.1 Å². The highest BCUT2D eigenvalue weighted by Crippen LogP contribution is 2.33. The second-order valence-electron chi connectivity index (χ2n) is 7.75. The average Bonchev–Trinajstić information content (AvgIpc) is 2.75. The Balaban J connectivity index is 1.49. The second kappa shape index (κ2) is 9.37. The molecule has 1 aliphatic heterocycles. The molecule has 0 spiro atoms. The fourth-order valence-corrected chi connectivity index (χ4v) is 4.27. The molecule has 0 unspecified atom stereocenters. The smallest absolute Gasteiger partial charge is 0.221 e. The number of nitrogens with one attached hydrogen (secondary N) is 1. The normalized spacial score (nSPS) is 16.9. The van der Waals surface area contributed by atoms with Crippen LogP contribution in [0.4, 0.5) is 5.69 Å². The molecule has 2 aromatic carbocycles. The average molecular weight is 421 g/mol. The van der Waals surface area contributed by atoms with E-state index in [1.54, 1.807) is 12.4 Å². The van der Waals surface area contributed by atoms with Gasteiger partial charge < -0.3 is 5.32 Å². The van der Waals surface area contributed by atoms with E-state index in [1.165, 1.54) is 12.5 Å². The summed E-state index contributed by atoms with van der Waals surface area (Å²) in [5.41, 5.74) is 5.04. The number of anilines is 1. The van der Waals surface area contributed by atoms with Crippen LogP contribution in [0, 0.1) is 0 Å². The zero-order chi connectivity index (χ0) is 20.9. The van der Waals surface area contributed by atoms with Crippen molar-refractivity contribution in [2.24, 2.45) is 0 Å². The number of carbonyl (C=O) groups is 1. The Labute approximate surface area is 182 Å². The lowest BCUT2D eigenvalue weighted by molar-refractivity contribution is -0.114. The molecule has 0 bridgehead atoms. The molecule has 0 radical (unpaired) electrons. The number of carbonyl (C=O) groups excluding carboxylic acids is 1. The van der Waals surface area contributed by atoms with Gasteiger partial charge in [0.05, 0.1) is 11.4 Å². The van der Waals surface area contributed by atoms with Gasteiger partial charge in [0.15, 0.2) is 0 Å². The van der Waals surface area contributed by atoms with Crippen molar-refractivity contribution in [2.45, 2.75) is 32.2 Å². The van der Waals surface area contributed by atoms with Crippen molar-refractivity contribution >= 4 is 23.2 Å². The first-order valence-corrected chi connectivity index (χ1v) is 10.6. The van der Waals surface area contributed by atoms with Crippen molar-refractivity contribution in [2.75, 3.05) is 18.4 Å². The number of amides is 1. The van der Waals surface area contributed by atoms with E-state index in [-0.39, 0.29) is 5.91 Å². The van der Waals surface area contributed by atoms with Crippen LogP contribution in [0.2, 0.25) is 5.02 Å². The summed E-state index contributed by atoms with van der Waals surface area (Å²) in [5.74, 6) is 0.279. The standard InChI is InChI=1S/C24H25ClN4O/c1-17(30)28-22-9-7-18(8-10-22)15-29-13-3-5-20(16-29)24-23(26-11-12-27-24)19-4-2-6-21(25)14-19/h2,4,6-12,14,20H,3,5,13,15-16H2,1H3,(H,28,30)/t20-/m0/s1. The van der Waals surface area contributed by atoms with Crippen LogP contribution >= 0.6 is 11.6 Å². The van der Waals surface area contributed by atoms with Gasteiger partial charge in [-0.3, -0.25) is 19.7 Å². The molecule has 0 saturated carbocycles. The van der Waals surface area contributed by atoms with Crippen LogP contribution in [0.5, 0.6) is 0 Å². The summed E-state index contributed by atoms with van der Waals surface area (Å²) in [6.07, 6.45) is 5.75. The van der Waals surface area contributed by atoms with E-state index in [0.717, 1.165) is 55.1 Å². The molecule has 1 N–H and O–H groups in total. The zero-order valence-electron chi connectivity index (χ0n) is 17.0. The number of rotatable bonds is 5. The fraction of sp³-hybridized carbons (Fsp3) is 0.292. The van der Waals surface area contributed by atoms with E-state index in [4.69, 9.17) is 16.6 Å². The second-order valence-corrected chi connectivity index (χ2v) is 8.19. The molecule has 0 aliphatic carbocycles. The van der Waals surface area contributed by atoms with Gasteiger partial charge in [0.1, 0.15) is 0 Å². The van der Waals surface area contributed by atoms with Gasteiger partial charge in [-0.2, -0.15) is 0 Å². The maximum Gasteiger partial charge on any atom is 0.221 e. The Kier molecular flexibility index (Phi) is 6.41. The van der Waals surface area contributed by atoms with Crippen molar-refractivity contribution in [1.29, 1.82) is 0 Å². The van der Waals surface area contributed by atoms with Crippen LogP contribution in [-0.2, 0) is 11.3 Å². The minimum Gasteiger partial charge on any atom is -0.326 e. The number of halogens is 1. The summed E-state index contributed by atoms with van der Waals surface area (Å²) < 4.78 is 0. The van der Waals surface area contributed by atoms with E-state index in [1.807, 2.05) is 36.4 Å². The molecule has 1 saturated heterocycles. The molecule has 5 nitrogen and oxygen atoms in total. The van der Waals surface area contributed by atoms with Crippen molar-refractivity contribution in [3.63, 3.8) is 0 Å². The van der Waals surface area contributed by atoms with Gasteiger partial charge in [-0.1, -0.05) is 35.9 Å². The van der Waals surface area contributed by atoms with Gasteiger partial charge in [0.2, 0.25) is 5.91 Å². The minimum absolute atomic E-state index is 0.0545. The molecule has 1 fully saturated rings. The van der Waals surface area contributed by atoms with Gasteiger partial charge in [-0.15, -0.1) is 0 Å². The highest BCUT2D eigenvalue weighted by molar-refractivity contribution is 6.30. The Bertz CT molecular complexity index is 1020. The molecule has 4 rings (SSSR count). The van der Waals surface area contributed by atoms with Crippen molar-refractivity contribution < 1.29 is 4.79 Å². The lowest BCUT2D eigenvalue weighted by atomic mass is 9.91. The molecular formula is C24H25ClN4O. The van der Waals surface area contributed by atoms with Crippen molar-refractivity contribution in [3.05, 3.63) is 77.2 Å². The maximum absolute atomic E-state index is 11.2. The first-order chi connectivity index (χ1) is 14.6. The predicted octanol–water partition coefficient (Wildman–Crippen LogP) is 5.14. The molecule has 1 atom stereocenters. The quantitative estimate of drug-likeness (QED) is 0.621. The van der Waals surface area contributed by atoms with Crippen LogP contribution in [-0.4, -0.2) is 33.9 Å². The Morgan fingerprint density at radius 3 is 2.73 bits per heavy atom. The SMILES string of the molecule is CC(=O)Nc1ccc(CN2CCC[C@H](c3nccnc3-c3cccc(Cl)c3)C2)cc1. The molecule has 2 heterocycles. The van der Waals surface area contributed by atoms with Gasteiger partial charge >= 0.3 is 0 Å². The van der Waals surface area contributed by atoms with Crippen LogP contribution in [0.1, 0.15) is 36.9 Å². The summed E-state index contributed by atoms with van der Waals surface area (Å²) in [7, 11) is 0. The van der Waals surface area contributed by atoms with Gasteiger partial charge in [-0.05, 0) is 49.2 Å². The van der Waals surface area contributed by atoms with Gasteiger partial charge in [0, 0.05) is 54.6 Å². The first kappa shape index (κ1) is 20.5. The van der Waals surface area contributed by atoms with Crippen LogP contribution in [0.3, 0.4) is 0 Å². The number of hydrogen-bond acceptors (Lipinski definition) is 4. The monoisotopic (exact) mass is 420 g/mol. The van der Waals surface area contributed by atoms with Gasteiger partial charge in [-0.25, -0.2) is 0 Å². The zero-order valence-corrected chi connectivity index (χ0v) is 17.8. The van der Waals surface area contributed by atoms with Crippen LogP contribution < -0.4 is 5.32 Å². The van der Waals surface area contributed by atoms with E-state index in [2.05, 4.69) is 27.3 Å². The summed E-state index contributed by atoms with van der Waals surface area (Å²) in [5, 5.41) is 3.52. The summed E-state index contributed by atoms with van der Waals surface area (Å²) >= 11 is 6.21. The largest absolute Gasteiger partial charge is 0.326 e. The predicted molar refractivity (Wildman–Crippen MR) is 120 cm³/mol. The third-order valence-electron chi connectivity index (χ3n) is 5.40. The number of hydrogen-bond donors (Lipinski definition) is 1. The summed E-state index contributed by atoms with van der Waals surface area (Å²) in [4.78, 5) is 23.0.